The largest absolute Gasteiger partial charge is 0.490 e. The van der Waals surface area contributed by atoms with Gasteiger partial charge in [-0.3, -0.25) is 4.79 Å². The smallest absolute Gasteiger partial charge is 0.336 e. The van der Waals surface area contributed by atoms with Gasteiger partial charge in [-0.2, -0.15) is 0 Å². The molecule has 4 rings (SSSR count). The number of para-hydroxylation sites is 1. The molecule has 0 fully saturated rings. The number of carbonyl (C=O) groups excluding carboxylic acids is 2. The number of rotatable bonds is 6. The summed E-state index contributed by atoms with van der Waals surface area (Å²) >= 11 is 0. The Morgan fingerprint density at radius 1 is 1.00 bits per heavy atom. The average molecular weight is 403 g/mol. The van der Waals surface area contributed by atoms with Gasteiger partial charge in [-0.15, -0.1) is 0 Å². The zero-order chi connectivity index (χ0) is 20.9. The molecule has 0 saturated heterocycles. The Morgan fingerprint density at radius 3 is 2.43 bits per heavy atom. The van der Waals surface area contributed by atoms with Crippen molar-refractivity contribution >= 4 is 11.8 Å². The summed E-state index contributed by atoms with van der Waals surface area (Å²) in [6.07, 6.45) is 2.15. The number of allylic oxidation sites excluding steroid dienone is 3. The van der Waals surface area contributed by atoms with E-state index in [9.17, 15) is 9.59 Å². The number of benzene rings is 2. The fourth-order valence-electron chi connectivity index (χ4n) is 4.12. The highest BCUT2D eigenvalue weighted by atomic mass is 16.6. The van der Waals surface area contributed by atoms with Crippen LogP contribution in [0.4, 0.5) is 0 Å². The fraction of sp³-hybridized carbons (Fsp3) is 0.280. The first kappa shape index (κ1) is 20.0. The molecule has 2 aromatic carbocycles. The molecule has 30 heavy (non-hydrogen) atoms. The van der Waals surface area contributed by atoms with Gasteiger partial charge in [0.05, 0.1) is 5.57 Å². The van der Waals surface area contributed by atoms with Crippen molar-refractivity contribution in [2.24, 2.45) is 0 Å². The molecule has 5 heteroatoms. The Labute approximate surface area is 176 Å². The molecular formula is C25H25NO4. The van der Waals surface area contributed by atoms with E-state index >= 15 is 0 Å². The number of hydrogen-bond acceptors (Lipinski definition) is 5. The van der Waals surface area contributed by atoms with Gasteiger partial charge < -0.3 is 14.8 Å². The highest BCUT2D eigenvalue weighted by Gasteiger charge is 2.38. The molecule has 0 amide bonds. The van der Waals surface area contributed by atoms with Gasteiger partial charge in [0, 0.05) is 29.3 Å². The van der Waals surface area contributed by atoms with Crippen LogP contribution in [-0.2, 0) is 14.3 Å². The highest BCUT2D eigenvalue weighted by molar-refractivity contribution is 6.03. The standard InChI is InChI=1S/C25H25NO4/c1-17-22(25(28)30-16-15-29-19-11-6-3-7-12-19)23(18-9-4-2-5-10-18)24-20(26-17)13-8-14-21(24)27/h2-7,9-12,23,26H,8,13-16H2,1H3. The lowest BCUT2D eigenvalue weighted by Crippen LogP contribution is -2.34. The van der Waals surface area contributed by atoms with Crippen molar-refractivity contribution in [1.29, 1.82) is 0 Å². The number of ether oxygens (including phenoxy) is 2. The predicted molar refractivity (Wildman–Crippen MR) is 114 cm³/mol. The van der Waals surface area contributed by atoms with E-state index in [0.717, 1.165) is 35.5 Å². The molecule has 0 spiro atoms. The summed E-state index contributed by atoms with van der Waals surface area (Å²) in [5.74, 6) is 0.00378. The minimum Gasteiger partial charge on any atom is -0.490 e. The van der Waals surface area contributed by atoms with Gasteiger partial charge >= 0.3 is 5.97 Å². The van der Waals surface area contributed by atoms with Gasteiger partial charge in [0.15, 0.2) is 5.78 Å². The summed E-state index contributed by atoms with van der Waals surface area (Å²) in [5, 5.41) is 3.30. The maximum absolute atomic E-state index is 13.1. The zero-order valence-electron chi connectivity index (χ0n) is 17.0. The van der Waals surface area contributed by atoms with E-state index in [0.29, 0.717) is 17.6 Å². The number of hydrogen-bond donors (Lipinski definition) is 1. The SMILES string of the molecule is CC1=C(C(=O)OCCOc2ccccc2)C(c2ccccc2)C2=C(CCCC2=O)N1. The van der Waals surface area contributed by atoms with Gasteiger partial charge in [-0.1, -0.05) is 48.5 Å². The maximum atomic E-state index is 13.1. The molecule has 5 nitrogen and oxygen atoms in total. The van der Waals surface area contributed by atoms with Crippen molar-refractivity contribution in [1.82, 2.24) is 5.32 Å². The summed E-state index contributed by atoms with van der Waals surface area (Å²) in [4.78, 5) is 25.9. The van der Waals surface area contributed by atoms with Crippen LogP contribution in [0.5, 0.6) is 5.75 Å². The molecular weight excluding hydrogens is 378 g/mol. The zero-order valence-corrected chi connectivity index (χ0v) is 17.0. The number of dihydropyridines is 1. The Kier molecular flexibility index (Phi) is 5.98. The third kappa shape index (κ3) is 4.15. The lowest BCUT2D eigenvalue weighted by atomic mass is 9.75. The van der Waals surface area contributed by atoms with Crippen LogP contribution in [0.2, 0.25) is 0 Å². The topological polar surface area (TPSA) is 64.6 Å². The van der Waals surface area contributed by atoms with Crippen molar-refractivity contribution in [2.45, 2.75) is 32.1 Å². The van der Waals surface area contributed by atoms with Gasteiger partial charge in [0.1, 0.15) is 19.0 Å². The van der Waals surface area contributed by atoms with Crippen molar-refractivity contribution in [3.05, 3.63) is 88.8 Å². The van der Waals surface area contributed by atoms with Crippen LogP contribution in [0.3, 0.4) is 0 Å². The van der Waals surface area contributed by atoms with Gasteiger partial charge in [0.2, 0.25) is 0 Å². The molecule has 0 aromatic heterocycles. The fourth-order valence-corrected chi connectivity index (χ4v) is 4.12. The molecule has 0 bridgehead atoms. The van der Waals surface area contributed by atoms with Gasteiger partial charge in [0.25, 0.3) is 0 Å². The molecule has 1 atom stereocenters. The van der Waals surface area contributed by atoms with Gasteiger partial charge in [-0.05, 0) is 37.5 Å². The second kappa shape index (κ2) is 8.99. The Morgan fingerprint density at radius 2 is 1.70 bits per heavy atom. The second-order valence-electron chi connectivity index (χ2n) is 7.47. The summed E-state index contributed by atoms with van der Waals surface area (Å²) in [7, 11) is 0. The molecule has 1 aliphatic heterocycles. The van der Waals surface area contributed by atoms with Crippen LogP contribution in [0.15, 0.2) is 83.2 Å². The Bertz CT molecular complexity index is 992. The van der Waals surface area contributed by atoms with E-state index in [-0.39, 0.29) is 19.0 Å². The minimum absolute atomic E-state index is 0.0998. The van der Waals surface area contributed by atoms with Crippen molar-refractivity contribution in [3.63, 3.8) is 0 Å². The Balaban J connectivity index is 1.54. The highest BCUT2D eigenvalue weighted by Crippen LogP contribution is 2.42. The predicted octanol–water partition coefficient (Wildman–Crippen LogP) is 4.28. The molecule has 1 N–H and O–H groups in total. The molecule has 2 aromatic rings. The van der Waals surface area contributed by atoms with E-state index in [1.165, 1.54) is 0 Å². The second-order valence-corrected chi connectivity index (χ2v) is 7.47. The molecule has 1 unspecified atom stereocenters. The Hall–Kier alpha value is -3.34. The molecule has 1 heterocycles. The normalized spacial score (nSPS) is 18.6. The van der Waals surface area contributed by atoms with E-state index < -0.39 is 11.9 Å². The van der Waals surface area contributed by atoms with Crippen LogP contribution in [0.25, 0.3) is 0 Å². The third-order valence-electron chi connectivity index (χ3n) is 5.46. The van der Waals surface area contributed by atoms with Crippen LogP contribution < -0.4 is 10.1 Å². The molecule has 154 valence electrons. The molecule has 1 aliphatic carbocycles. The van der Waals surface area contributed by atoms with Gasteiger partial charge in [-0.25, -0.2) is 4.79 Å². The number of ketones is 1. The minimum atomic E-state index is -0.421. The number of carbonyl (C=O) groups is 2. The maximum Gasteiger partial charge on any atom is 0.336 e. The molecule has 0 saturated carbocycles. The summed E-state index contributed by atoms with van der Waals surface area (Å²) < 4.78 is 11.2. The molecule has 0 radical (unpaired) electrons. The first-order valence-electron chi connectivity index (χ1n) is 10.3. The number of Topliss-reactive ketones (excluding diaryl/α,β-unsaturated/α-hetero) is 1. The van der Waals surface area contributed by atoms with Crippen LogP contribution >= 0.6 is 0 Å². The number of nitrogens with one attached hydrogen (secondary N) is 1. The van der Waals surface area contributed by atoms with Crippen molar-refractivity contribution in [2.75, 3.05) is 13.2 Å². The van der Waals surface area contributed by atoms with E-state index in [4.69, 9.17) is 9.47 Å². The first-order chi connectivity index (χ1) is 14.6. The summed E-state index contributed by atoms with van der Waals surface area (Å²) in [6.45, 7) is 2.26. The van der Waals surface area contributed by atoms with E-state index in [1.54, 1.807) is 0 Å². The van der Waals surface area contributed by atoms with Crippen molar-refractivity contribution in [3.8, 4) is 5.75 Å². The lowest BCUT2D eigenvalue weighted by Gasteiger charge is -2.34. The summed E-state index contributed by atoms with van der Waals surface area (Å²) in [6, 6.07) is 19.1. The molecule has 2 aliphatic rings. The third-order valence-corrected chi connectivity index (χ3v) is 5.46. The number of esters is 1. The van der Waals surface area contributed by atoms with Crippen molar-refractivity contribution < 1.29 is 19.1 Å². The quantitative estimate of drug-likeness (QED) is 0.576. The monoisotopic (exact) mass is 403 g/mol. The van der Waals surface area contributed by atoms with E-state index in [1.807, 2.05) is 67.6 Å². The van der Waals surface area contributed by atoms with Crippen LogP contribution in [0, 0.1) is 0 Å². The van der Waals surface area contributed by atoms with Crippen LogP contribution in [0.1, 0.15) is 37.7 Å². The van der Waals surface area contributed by atoms with Crippen LogP contribution in [-0.4, -0.2) is 25.0 Å². The average Bonchev–Trinajstić information content (AvgIpc) is 2.77. The lowest BCUT2D eigenvalue weighted by molar-refractivity contribution is -0.140. The summed E-state index contributed by atoms with van der Waals surface area (Å²) in [5.41, 5.74) is 3.79. The van der Waals surface area contributed by atoms with E-state index in [2.05, 4.69) is 5.32 Å². The first-order valence-corrected chi connectivity index (χ1v) is 10.3.